The number of carbonyl (C=O) groups excluding carboxylic acids is 1. The van der Waals surface area contributed by atoms with Gasteiger partial charge in [0.05, 0.1) is 23.2 Å². The second kappa shape index (κ2) is 10.1. The van der Waals surface area contributed by atoms with Crippen LogP contribution in [0.1, 0.15) is 34.4 Å². The third kappa shape index (κ3) is 6.06. The maximum atomic E-state index is 12.4. The van der Waals surface area contributed by atoms with Crippen LogP contribution in [0.15, 0.2) is 70.0 Å². The molecule has 29 heavy (non-hydrogen) atoms. The van der Waals surface area contributed by atoms with Crippen molar-refractivity contribution in [3.8, 4) is 5.75 Å². The first-order valence-corrected chi connectivity index (χ1v) is 10.9. The van der Waals surface area contributed by atoms with E-state index in [0.717, 1.165) is 21.8 Å². The maximum absolute atomic E-state index is 12.4. The summed E-state index contributed by atoms with van der Waals surface area (Å²) in [5.74, 6) is 1.56. The van der Waals surface area contributed by atoms with Crippen LogP contribution in [-0.4, -0.2) is 23.3 Å². The highest BCUT2D eigenvalue weighted by Gasteiger charge is 2.13. The van der Waals surface area contributed by atoms with E-state index in [2.05, 4.69) is 5.32 Å². The van der Waals surface area contributed by atoms with Crippen molar-refractivity contribution in [3.63, 3.8) is 0 Å². The molecule has 3 rings (SSSR count). The van der Waals surface area contributed by atoms with Gasteiger partial charge in [-0.3, -0.25) is 9.00 Å². The largest absolute Gasteiger partial charge is 0.494 e. The number of ether oxygens (including phenoxy) is 1. The fourth-order valence-corrected chi connectivity index (χ4v) is 3.83. The van der Waals surface area contributed by atoms with Crippen LogP contribution in [0.2, 0.25) is 0 Å². The molecule has 0 aliphatic rings. The number of benzene rings is 2. The van der Waals surface area contributed by atoms with Gasteiger partial charge in [-0.25, -0.2) is 0 Å². The Morgan fingerprint density at radius 3 is 2.45 bits per heavy atom. The highest BCUT2D eigenvalue weighted by atomic mass is 32.2. The molecule has 0 aliphatic heterocycles. The van der Waals surface area contributed by atoms with Crippen LogP contribution in [0.25, 0.3) is 0 Å². The van der Waals surface area contributed by atoms with E-state index >= 15 is 0 Å². The summed E-state index contributed by atoms with van der Waals surface area (Å²) in [6, 6.07) is 18.7. The van der Waals surface area contributed by atoms with Crippen LogP contribution in [0.3, 0.4) is 0 Å². The van der Waals surface area contributed by atoms with Gasteiger partial charge < -0.3 is 14.5 Å². The predicted molar refractivity (Wildman–Crippen MR) is 114 cm³/mol. The summed E-state index contributed by atoms with van der Waals surface area (Å²) in [5.41, 5.74) is 2.23. The van der Waals surface area contributed by atoms with Gasteiger partial charge in [0, 0.05) is 11.4 Å². The first kappa shape index (κ1) is 20.9. The van der Waals surface area contributed by atoms with Crippen LogP contribution in [0.4, 0.5) is 0 Å². The summed E-state index contributed by atoms with van der Waals surface area (Å²) in [5, 5.41) is 2.85. The molecular formula is C23H25NO4S. The summed E-state index contributed by atoms with van der Waals surface area (Å²) < 4.78 is 23.4. The van der Waals surface area contributed by atoms with Crippen LogP contribution in [0.5, 0.6) is 5.75 Å². The Labute approximate surface area is 173 Å². The number of furan rings is 1. The van der Waals surface area contributed by atoms with E-state index < -0.39 is 10.8 Å². The van der Waals surface area contributed by atoms with Crippen molar-refractivity contribution in [3.05, 3.63) is 83.3 Å². The molecular weight excluding hydrogens is 386 g/mol. The number of aryl methyl sites for hydroxylation is 1. The number of carbonyl (C=O) groups is 1. The van der Waals surface area contributed by atoms with Crippen molar-refractivity contribution in [2.45, 2.75) is 30.9 Å². The lowest BCUT2D eigenvalue weighted by Crippen LogP contribution is -2.25. The number of nitrogens with one attached hydrogen (secondary N) is 1. The Balaban J connectivity index is 1.48. The van der Waals surface area contributed by atoms with Gasteiger partial charge in [0.15, 0.2) is 5.76 Å². The summed E-state index contributed by atoms with van der Waals surface area (Å²) in [6.45, 7) is 5.07. The van der Waals surface area contributed by atoms with Gasteiger partial charge in [0.1, 0.15) is 11.5 Å². The Kier molecular flexibility index (Phi) is 7.25. The molecule has 5 nitrogen and oxygen atoms in total. The van der Waals surface area contributed by atoms with E-state index in [4.69, 9.17) is 9.15 Å². The highest BCUT2D eigenvalue weighted by molar-refractivity contribution is 7.84. The predicted octanol–water partition coefficient (Wildman–Crippen LogP) is 4.27. The zero-order valence-corrected chi connectivity index (χ0v) is 17.5. The minimum absolute atomic E-state index is 0.229. The van der Waals surface area contributed by atoms with Crippen LogP contribution >= 0.6 is 0 Å². The molecule has 2 aromatic carbocycles. The topological polar surface area (TPSA) is 68.5 Å². The summed E-state index contributed by atoms with van der Waals surface area (Å²) in [6.07, 6.45) is 0.711. The van der Waals surface area contributed by atoms with E-state index in [0.29, 0.717) is 25.3 Å². The minimum Gasteiger partial charge on any atom is -0.494 e. The molecule has 0 fully saturated rings. The lowest BCUT2D eigenvalue weighted by Gasteiger charge is -2.06. The van der Waals surface area contributed by atoms with Crippen molar-refractivity contribution >= 4 is 16.7 Å². The molecule has 0 radical (unpaired) electrons. The smallest absolute Gasteiger partial charge is 0.287 e. The molecule has 1 aromatic heterocycles. The molecule has 0 spiro atoms. The number of hydrogen-bond acceptors (Lipinski definition) is 4. The molecule has 0 bridgehead atoms. The monoisotopic (exact) mass is 411 g/mol. The van der Waals surface area contributed by atoms with Crippen LogP contribution in [-0.2, 0) is 23.0 Å². The SMILES string of the molecule is CCOc1ccc(CCNC(=O)c2ccc(CS(=O)c3ccc(C)cc3)o2)cc1. The lowest BCUT2D eigenvalue weighted by molar-refractivity contribution is 0.0925. The zero-order chi connectivity index (χ0) is 20.6. The Morgan fingerprint density at radius 2 is 1.76 bits per heavy atom. The second-order valence-corrected chi connectivity index (χ2v) is 8.10. The molecule has 0 saturated heterocycles. The van der Waals surface area contributed by atoms with Gasteiger partial charge in [-0.15, -0.1) is 0 Å². The maximum Gasteiger partial charge on any atom is 0.287 e. The molecule has 0 saturated carbocycles. The average Bonchev–Trinajstić information content (AvgIpc) is 3.18. The molecule has 0 aliphatic carbocycles. The molecule has 6 heteroatoms. The highest BCUT2D eigenvalue weighted by Crippen LogP contribution is 2.16. The lowest BCUT2D eigenvalue weighted by atomic mass is 10.1. The Morgan fingerprint density at radius 1 is 1.03 bits per heavy atom. The van der Waals surface area contributed by atoms with E-state index in [1.54, 1.807) is 12.1 Å². The first-order valence-electron chi connectivity index (χ1n) is 9.59. The quantitative estimate of drug-likeness (QED) is 0.571. The van der Waals surface area contributed by atoms with Gasteiger partial charge in [0.2, 0.25) is 0 Å². The van der Waals surface area contributed by atoms with E-state index in [1.165, 1.54) is 0 Å². The van der Waals surface area contributed by atoms with Gasteiger partial charge in [-0.1, -0.05) is 29.8 Å². The second-order valence-electron chi connectivity index (χ2n) is 6.65. The zero-order valence-electron chi connectivity index (χ0n) is 16.6. The van der Waals surface area contributed by atoms with Crippen molar-refractivity contribution in [2.24, 2.45) is 0 Å². The van der Waals surface area contributed by atoms with E-state index in [9.17, 15) is 9.00 Å². The van der Waals surface area contributed by atoms with E-state index in [-0.39, 0.29) is 17.4 Å². The molecule has 152 valence electrons. The van der Waals surface area contributed by atoms with Crippen molar-refractivity contribution in [2.75, 3.05) is 13.2 Å². The number of amides is 1. The van der Waals surface area contributed by atoms with Crippen molar-refractivity contribution in [1.82, 2.24) is 5.32 Å². The normalized spacial score (nSPS) is 11.8. The third-order valence-electron chi connectivity index (χ3n) is 4.38. The molecule has 1 unspecified atom stereocenters. The van der Waals surface area contributed by atoms with Gasteiger partial charge in [0.25, 0.3) is 5.91 Å². The van der Waals surface area contributed by atoms with Gasteiger partial charge >= 0.3 is 0 Å². The molecule has 1 amide bonds. The fraction of sp³-hybridized carbons (Fsp3) is 0.261. The molecule has 3 aromatic rings. The summed E-state index contributed by atoms with van der Waals surface area (Å²) in [7, 11) is -1.21. The number of hydrogen-bond donors (Lipinski definition) is 1. The van der Waals surface area contributed by atoms with E-state index in [1.807, 2.05) is 62.4 Å². The van der Waals surface area contributed by atoms with Crippen LogP contribution in [0, 0.1) is 6.92 Å². The van der Waals surface area contributed by atoms with Gasteiger partial charge in [-0.2, -0.15) is 0 Å². The fourth-order valence-electron chi connectivity index (χ4n) is 2.81. The summed E-state index contributed by atoms with van der Waals surface area (Å²) >= 11 is 0. The third-order valence-corrected chi connectivity index (χ3v) is 5.72. The molecule has 1 heterocycles. The Bertz CT molecular complexity index is 961. The number of rotatable bonds is 9. The Hall–Kier alpha value is -2.86. The first-order chi connectivity index (χ1) is 14.0. The summed E-state index contributed by atoms with van der Waals surface area (Å²) in [4.78, 5) is 13.0. The molecule has 1 atom stereocenters. The van der Waals surface area contributed by atoms with Crippen molar-refractivity contribution in [1.29, 1.82) is 0 Å². The van der Waals surface area contributed by atoms with Gasteiger partial charge in [-0.05, 0) is 62.2 Å². The average molecular weight is 412 g/mol. The minimum atomic E-state index is -1.21. The standard InChI is InChI=1S/C23H25NO4S/c1-3-27-19-8-6-18(7-9-19)14-15-24-23(25)22-13-10-20(28-22)16-29(26)21-11-4-17(2)5-12-21/h4-13H,3,14-16H2,1-2H3,(H,24,25). The van der Waals surface area contributed by atoms with Crippen molar-refractivity contribution < 1.29 is 18.2 Å². The molecule has 1 N–H and O–H groups in total. The van der Waals surface area contributed by atoms with Crippen LogP contribution < -0.4 is 10.1 Å².